The molecule has 0 aliphatic carbocycles. The van der Waals surface area contributed by atoms with Crippen LogP contribution < -0.4 is 20.3 Å². The molecule has 1 fully saturated rings. The maximum atomic E-state index is 15.0. The molecule has 1 saturated heterocycles. The van der Waals surface area contributed by atoms with Crippen molar-refractivity contribution in [1.29, 1.82) is 0 Å². The molecule has 0 spiro atoms. The summed E-state index contributed by atoms with van der Waals surface area (Å²) in [6.07, 6.45) is 0.895. The molecule has 1 aliphatic heterocycles. The van der Waals surface area contributed by atoms with E-state index >= 15 is 4.39 Å². The largest absolute Gasteiger partial charge is 0.497 e. The number of carbonyl (C=O) groups excluding carboxylic acids is 2. The molecule has 35 heavy (non-hydrogen) atoms. The number of urea groups is 1. The lowest BCUT2D eigenvalue weighted by molar-refractivity contribution is -0.121. The monoisotopic (exact) mass is 503 g/mol. The number of carbonyl (C=O) groups is 2. The van der Waals surface area contributed by atoms with Gasteiger partial charge in [0.05, 0.1) is 18.4 Å². The van der Waals surface area contributed by atoms with Crippen LogP contribution in [0.25, 0.3) is 11.1 Å². The van der Waals surface area contributed by atoms with E-state index in [1.807, 2.05) is 0 Å². The van der Waals surface area contributed by atoms with Gasteiger partial charge in [0.2, 0.25) is 5.91 Å². The van der Waals surface area contributed by atoms with E-state index in [2.05, 4.69) is 10.6 Å². The van der Waals surface area contributed by atoms with Crippen LogP contribution in [-0.2, 0) is 4.79 Å². The van der Waals surface area contributed by atoms with Crippen LogP contribution in [0.3, 0.4) is 0 Å². The summed E-state index contributed by atoms with van der Waals surface area (Å²) in [5, 5.41) is 5.73. The van der Waals surface area contributed by atoms with Gasteiger partial charge in [0.15, 0.2) is 0 Å². The molecule has 2 N–H and O–H groups in total. The first kappa shape index (κ1) is 24.4. The number of hydrogen-bond donors (Lipinski definition) is 2. The predicted octanol–water partition coefficient (Wildman–Crippen LogP) is 5.75. The van der Waals surface area contributed by atoms with E-state index in [4.69, 9.17) is 16.3 Å². The number of hydrogen-bond acceptors (Lipinski definition) is 3. The zero-order chi connectivity index (χ0) is 25.1. The third-order valence-corrected chi connectivity index (χ3v) is 5.88. The van der Waals surface area contributed by atoms with Crippen LogP contribution in [0, 0.1) is 17.5 Å². The van der Waals surface area contributed by atoms with E-state index in [-0.39, 0.29) is 23.5 Å². The van der Waals surface area contributed by atoms with E-state index in [9.17, 15) is 18.4 Å². The molecule has 0 bridgehead atoms. The number of amides is 3. The number of halogens is 4. The smallest absolute Gasteiger partial charge is 0.319 e. The fraction of sp³-hybridized carbons (Fsp3) is 0.200. The average Bonchev–Trinajstić information content (AvgIpc) is 2.82. The third-order valence-electron chi connectivity index (χ3n) is 5.62. The Balaban J connectivity index is 1.50. The second kappa shape index (κ2) is 10.3. The molecule has 1 heterocycles. The van der Waals surface area contributed by atoms with Crippen molar-refractivity contribution in [3.8, 4) is 16.9 Å². The second-order valence-corrected chi connectivity index (χ2v) is 8.36. The lowest BCUT2D eigenvalue weighted by Gasteiger charge is -2.33. The van der Waals surface area contributed by atoms with E-state index in [1.54, 1.807) is 24.3 Å². The van der Waals surface area contributed by atoms with Gasteiger partial charge in [0.1, 0.15) is 29.2 Å². The summed E-state index contributed by atoms with van der Waals surface area (Å²) in [6.45, 7) is 0.233. The van der Waals surface area contributed by atoms with Crippen molar-refractivity contribution in [2.24, 2.45) is 0 Å². The molecule has 1 atom stereocenters. The van der Waals surface area contributed by atoms with Crippen molar-refractivity contribution >= 4 is 34.9 Å². The highest BCUT2D eigenvalue weighted by molar-refractivity contribution is 6.30. The first-order valence-corrected chi connectivity index (χ1v) is 11.1. The number of ether oxygens (including phenoxy) is 1. The lowest BCUT2D eigenvalue weighted by atomic mass is 10.0. The molecular weight excluding hydrogens is 483 g/mol. The molecule has 1 aliphatic rings. The van der Waals surface area contributed by atoms with Crippen molar-refractivity contribution in [3.05, 3.63) is 77.1 Å². The van der Waals surface area contributed by atoms with Crippen LogP contribution in [0.15, 0.2) is 54.6 Å². The molecule has 3 aromatic rings. The van der Waals surface area contributed by atoms with E-state index in [0.29, 0.717) is 23.6 Å². The molecule has 0 unspecified atom stereocenters. The molecule has 3 aromatic carbocycles. The van der Waals surface area contributed by atoms with Gasteiger partial charge in [-0.2, -0.15) is 0 Å². The van der Waals surface area contributed by atoms with Crippen molar-refractivity contribution in [1.82, 2.24) is 5.32 Å². The summed E-state index contributed by atoms with van der Waals surface area (Å²) in [4.78, 5) is 26.6. The highest BCUT2D eigenvalue weighted by Gasteiger charge is 2.32. The van der Waals surface area contributed by atoms with Crippen molar-refractivity contribution in [2.45, 2.75) is 18.9 Å². The van der Waals surface area contributed by atoms with E-state index < -0.39 is 41.0 Å². The minimum atomic E-state index is -0.904. The maximum absolute atomic E-state index is 15.0. The Morgan fingerprint density at radius 2 is 1.71 bits per heavy atom. The van der Waals surface area contributed by atoms with Gasteiger partial charge in [0, 0.05) is 29.4 Å². The molecule has 10 heteroatoms. The summed E-state index contributed by atoms with van der Waals surface area (Å²) in [6, 6.07) is 10.6. The Labute approximate surface area is 204 Å². The van der Waals surface area contributed by atoms with Crippen molar-refractivity contribution in [3.63, 3.8) is 0 Å². The number of methoxy groups -OCH3 is 1. The molecule has 0 aromatic heterocycles. The Morgan fingerprint density at radius 3 is 2.34 bits per heavy atom. The molecule has 3 amide bonds. The Hall–Kier alpha value is -3.72. The van der Waals surface area contributed by atoms with Gasteiger partial charge in [-0.1, -0.05) is 17.7 Å². The summed E-state index contributed by atoms with van der Waals surface area (Å²) >= 11 is 5.83. The summed E-state index contributed by atoms with van der Waals surface area (Å²) in [5.41, 5.74) is 0.0225. The molecule has 182 valence electrons. The van der Waals surface area contributed by atoms with Crippen LogP contribution in [0.2, 0.25) is 5.02 Å². The number of anilines is 2. The highest BCUT2D eigenvalue weighted by atomic mass is 35.5. The van der Waals surface area contributed by atoms with Gasteiger partial charge < -0.3 is 20.3 Å². The molecule has 0 radical (unpaired) electrons. The minimum Gasteiger partial charge on any atom is -0.497 e. The van der Waals surface area contributed by atoms with Gasteiger partial charge in [-0.15, -0.1) is 0 Å². The summed E-state index contributed by atoms with van der Waals surface area (Å²) in [7, 11) is 1.28. The number of benzene rings is 3. The maximum Gasteiger partial charge on any atom is 0.319 e. The molecular formula is C25H21ClF3N3O3. The summed E-state index contributed by atoms with van der Waals surface area (Å²) < 4.78 is 48.7. The molecule has 4 rings (SSSR count). The topological polar surface area (TPSA) is 70.7 Å². The zero-order valence-electron chi connectivity index (χ0n) is 18.6. The molecule has 0 saturated carbocycles. The number of nitrogens with zero attached hydrogens (tertiary/aromatic N) is 1. The van der Waals surface area contributed by atoms with Crippen LogP contribution in [0.1, 0.15) is 12.8 Å². The van der Waals surface area contributed by atoms with Crippen molar-refractivity contribution < 1.29 is 27.5 Å². The normalized spacial score (nSPS) is 15.6. The van der Waals surface area contributed by atoms with Crippen LogP contribution in [0.4, 0.5) is 29.3 Å². The average molecular weight is 504 g/mol. The van der Waals surface area contributed by atoms with Crippen LogP contribution >= 0.6 is 11.6 Å². The fourth-order valence-electron chi connectivity index (χ4n) is 3.93. The minimum absolute atomic E-state index is 0.00148. The molecule has 6 nitrogen and oxygen atoms in total. The Kier molecular flexibility index (Phi) is 7.16. The van der Waals surface area contributed by atoms with Gasteiger partial charge in [0.25, 0.3) is 0 Å². The van der Waals surface area contributed by atoms with E-state index in [1.165, 1.54) is 24.1 Å². The standard InChI is InChI=1S/C25H21ClF3N3O3/c1-35-17-12-19(28)23(20(29)13-17)14-4-9-22(18(27)11-14)32-10-2-3-21(24(32)33)31-25(34)30-16-7-5-15(26)6-8-16/h4-9,11-13,21H,2-3,10H2,1H3,(H2,30,31,34)/t21-/m1/s1. The first-order chi connectivity index (χ1) is 16.8. The lowest BCUT2D eigenvalue weighted by Crippen LogP contribution is -2.53. The van der Waals surface area contributed by atoms with E-state index in [0.717, 1.165) is 18.2 Å². The van der Waals surface area contributed by atoms with Crippen LogP contribution in [0.5, 0.6) is 5.75 Å². The SMILES string of the molecule is COc1cc(F)c(-c2ccc(N3CCC[C@@H](NC(=O)Nc4ccc(Cl)cc4)C3=O)c(F)c2)c(F)c1. The number of nitrogens with one attached hydrogen (secondary N) is 2. The predicted molar refractivity (Wildman–Crippen MR) is 127 cm³/mol. The third kappa shape index (κ3) is 5.35. The quantitative estimate of drug-likeness (QED) is 0.466. The second-order valence-electron chi connectivity index (χ2n) is 7.92. The van der Waals surface area contributed by atoms with Gasteiger partial charge >= 0.3 is 6.03 Å². The summed E-state index contributed by atoms with van der Waals surface area (Å²) in [5.74, 6) is -3.12. The van der Waals surface area contributed by atoms with Gasteiger partial charge in [-0.3, -0.25) is 4.79 Å². The van der Waals surface area contributed by atoms with Gasteiger partial charge in [-0.25, -0.2) is 18.0 Å². The van der Waals surface area contributed by atoms with Crippen LogP contribution in [-0.4, -0.2) is 31.6 Å². The van der Waals surface area contributed by atoms with Crippen molar-refractivity contribution in [2.75, 3.05) is 23.9 Å². The van der Waals surface area contributed by atoms with Gasteiger partial charge in [-0.05, 0) is 54.8 Å². The Bertz CT molecular complexity index is 1250. The Morgan fingerprint density at radius 1 is 1.03 bits per heavy atom. The zero-order valence-corrected chi connectivity index (χ0v) is 19.3. The first-order valence-electron chi connectivity index (χ1n) is 10.7. The number of rotatable bonds is 5. The highest BCUT2D eigenvalue weighted by Crippen LogP contribution is 2.33. The fourth-order valence-corrected chi connectivity index (χ4v) is 4.06. The number of piperidine rings is 1.